The molecule has 0 unspecified atom stereocenters. The van der Waals surface area contributed by atoms with Crippen molar-refractivity contribution in [3.8, 4) is 0 Å². The molecule has 1 N–H and O–H groups in total. The number of methoxy groups -OCH3 is 1. The molecule has 0 saturated carbocycles. The van der Waals surface area contributed by atoms with Crippen LogP contribution in [0.15, 0.2) is 17.1 Å². The van der Waals surface area contributed by atoms with Crippen molar-refractivity contribution in [3.63, 3.8) is 0 Å². The minimum absolute atomic E-state index is 0.236. The van der Waals surface area contributed by atoms with Crippen molar-refractivity contribution < 1.29 is 4.74 Å². The third-order valence-corrected chi connectivity index (χ3v) is 1.70. The highest BCUT2D eigenvalue weighted by molar-refractivity contribution is 5.31. The Hall–Kier alpha value is -1.36. The van der Waals surface area contributed by atoms with Crippen molar-refractivity contribution in [2.45, 2.75) is 20.1 Å². The van der Waals surface area contributed by atoms with E-state index >= 15 is 0 Å². The summed E-state index contributed by atoms with van der Waals surface area (Å²) < 4.78 is 6.23. The standard InChI is InChI=1S/C9H15N3O2/c1-3-5-10-8-4-6-12(7-14-2)9(13)11-8/h4,6H,3,5,7H2,1-2H3,(H,10,11,13). The molecular formula is C9H15N3O2. The molecule has 1 aromatic rings. The highest BCUT2D eigenvalue weighted by atomic mass is 16.5. The van der Waals surface area contributed by atoms with E-state index in [1.54, 1.807) is 12.3 Å². The molecule has 1 heterocycles. The molecule has 1 aromatic heterocycles. The number of nitrogens with zero attached hydrogens (tertiary/aromatic N) is 2. The Balaban J connectivity index is 2.73. The van der Waals surface area contributed by atoms with Gasteiger partial charge in [0.15, 0.2) is 0 Å². The molecule has 0 spiro atoms. The lowest BCUT2D eigenvalue weighted by molar-refractivity contribution is 0.127. The van der Waals surface area contributed by atoms with Crippen molar-refractivity contribution >= 4 is 5.82 Å². The molecule has 0 amide bonds. The molecule has 5 nitrogen and oxygen atoms in total. The minimum Gasteiger partial charge on any atom is -0.370 e. The van der Waals surface area contributed by atoms with E-state index in [9.17, 15) is 4.79 Å². The van der Waals surface area contributed by atoms with Crippen LogP contribution in [-0.2, 0) is 11.5 Å². The van der Waals surface area contributed by atoms with Crippen molar-refractivity contribution in [1.29, 1.82) is 0 Å². The topological polar surface area (TPSA) is 56.2 Å². The quantitative estimate of drug-likeness (QED) is 0.753. The number of hydrogen-bond donors (Lipinski definition) is 1. The summed E-state index contributed by atoms with van der Waals surface area (Å²) in [6.07, 6.45) is 2.67. The van der Waals surface area contributed by atoms with E-state index in [4.69, 9.17) is 4.74 Å². The summed E-state index contributed by atoms with van der Waals surface area (Å²) in [5.41, 5.74) is -0.298. The van der Waals surface area contributed by atoms with E-state index < -0.39 is 0 Å². The van der Waals surface area contributed by atoms with E-state index in [1.807, 2.05) is 0 Å². The molecule has 0 atom stereocenters. The Kier molecular flexibility index (Phi) is 4.12. The predicted octanol–water partition coefficient (Wildman–Crippen LogP) is 0.669. The Labute approximate surface area is 82.7 Å². The maximum absolute atomic E-state index is 11.3. The average molecular weight is 197 g/mol. The van der Waals surface area contributed by atoms with Gasteiger partial charge in [0.1, 0.15) is 12.5 Å². The molecule has 0 fully saturated rings. The minimum atomic E-state index is -0.298. The molecule has 1 rings (SSSR count). The first-order valence-corrected chi connectivity index (χ1v) is 4.58. The first-order chi connectivity index (χ1) is 6.77. The van der Waals surface area contributed by atoms with Gasteiger partial charge in [-0.05, 0) is 12.5 Å². The maximum Gasteiger partial charge on any atom is 0.351 e. The van der Waals surface area contributed by atoms with Gasteiger partial charge in [0.2, 0.25) is 0 Å². The van der Waals surface area contributed by atoms with Gasteiger partial charge in [0.25, 0.3) is 0 Å². The molecule has 14 heavy (non-hydrogen) atoms. The van der Waals surface area contributed by atoms with Gasteiger partial charge in [-0.1, -0.05) is 6.92 Å². The van der Waals surface area contributed by atoms with Gasteiger partial charge in [-0.3, -0.25) is 4.57 Å². The van der Waals surface area contributed by atoms with Gasteiger partial charge < -0.3 is 10.1 Å². The molecule has 0 radical (unpaired) electrons. The lowest BCUT2D eigenvalue weighted by Crippen LogP contribution is -2.24. The molecular weight excluding hydrogens is 182 g/mol. The highest BCUT2D eigenvalue weighted by Crippen LogP contribution is 1.97. The zero-order valence-electron chi connectivity index (χ0n) is 8.49. The third kappa shape index (κ3) is 2.85. The largest absolute Gasteiger partial charge is 0.370 e. The van der Waals surface area contributed by atoms with Crippen LogP contribution in [-0.4, -0.2) is 23.2 Å². The Morgan fingerprint density at radius 2 is 2.43 bits per heavy atom. The zero-order valence-corrected chi connectivity index (χ0v) is 8.49. The van der Waals surface area contributed by atoms with Crippen LogP contribution in [0.5, 0.6) is 0 Å². The van der Waals surface area contributed by atoms with Gasteiger partial charge in [-0.2, -0.15) is 4.98 Å². The van der Waals surface area contributed by atoms with E-state index in [-0.39, 0.29) is 12.4 Å². The third-order valence-electron chi connectivity index (χ3n) is 1.70. The molecule has 5 heteroatoms. The van der Waals surface area contributed by atoms with Crippen molar-refractivity contribution in [3.05, 3.63) is 22.7 Å². The second-order valence-corrected chi connectivity index (χ2v) is 2.91. The molecule has 0 saturated heterocycles. The summed E-state index contributed by atoms with van der Waals surface area (Å²) >= 11 is 0. The van der Waals surface area contributed by atoms with Crippen molar-refractivity contribution in [2.24, 2.45) is 0 Å². The zero-order chi connectivity index (χ0) is 10.4. The van der Waals surface area contributed by atoms with Gasteiger partial charge in [-0.25, -0.2) is 4.79 Å². The van der Waals surface area contributed by atoms with Gasteiger partial charge in [-0.15, -0.1) is 0 Å². The average Bonchev–Trinajstić information content (AvgIpc) is 2.19. The van der Waals surface area contributed by atoms with Crippen LogP contribution in [0.1, 0.15) is 13.3 Å². The van der Waals surface area contributed by atoms with Crippen molar-refractivity contribution in [1.82, 2.24) is 9.55 Å². The van der Waals surface area contributed by atoms with Crippen LogP contribution in [0.2, 0.25) is 0 Å². The van der Waals surface area contributed by atoms with Gasteiger partial charge in [0.05, 0.1) is 0 Å². The van der Waals surface area contributed by atoms with Crippen LogP contribution in [0, 0.1) is 0 Å². The lowest BCUT2D eigenvalue weighted by atomic mass is 10.4. The summed E-state index contributed by atoms with van der Waals surface area (Å²) in [5.74, 6) is 0.615. The Morgan fingerprint density at radius 3 is 3.00 bits per heavy atom. The Morgan fingerprint density at radius 1 is 1.64 bits per heavy atom. The Bertz CT molecular complexity index is 335. The van der Waals surface area contributed by atoms with Gasteiger partial charge in [0, 0.05) is 19.9 Å². The van der Waals surface area contributed by atoms with Crippen LogP contribution in [0.4, 0.5) is 5.82 Å². The van der Waals surface area contributed by atoms with Gasteiger partial charge >= 0.3 is 5.69 Å². The number of anilines is 1. The molecule has 0 aliphatic rings. The van der Waals surface area contributed by atoms with E-state index in [0.717, 1.165) is 13.0 Å². The molecule has 0 bridgehead atoms. The highest BCUT2D eigenvalue weighted by Gasteiger charge is 1.97. The van der Waals surface area contributed by atoms with Crippen LogP contribution < -0.4 is 11.0 Å². The second-order valence-electron chi connectivity index (χ2n) is 2.91. The second kappa shape index (κ2) is 5.39. The first-order valence-electron chi connectivity index (χ1n) is 4.58. The number of rotatable bonds is 5. The smallest absolute Gasteiger partial charge is 0.351 e. The normalized spacial score (nSPS) is 10.1. The SMILES string of the molecule is CCCNc1ccn(COC)c(=O)n1. The number of aromatic nitrogens is 2. The van der Waals surface area contributed by atoms with Crippen LogP contribution in [0.3, 0.4) is 0 Å². The molecule has 0 aliphatic heterocycles. The molecule has 78 valence electrons. The monoisotopic (exact) mass is 197 g/mol. The molecule has 0 aromatic carbocycles. The fourth-order valence-electron chi connectivity index (χ4n) is 1.02. The molecule has 0 aliphatic carbocycles. The van der Waals surface area contributed by atoms with Crippen LogP contribution in [0.25, 0.3) is 0 Å². The van der Waals surface area contributed by atoms with Crippen molar-refractivity contribution in [2.75, 3.05) is 19.0 Å². The summed E-state index contributed by atoms with van der Waals surface area (Å²) in [4.78, 5) is 15.2. The van der Waals surface area contributed by atoms with Crippen LogP contribution >= 0.6 is 0 Å². The number of ether oxygens (including phenoxy) is 1. The summed E-state index contributed by atoms with van der Waals surface area (Å²) in [7, 11) is 1.54. The van der Waals surface area contributed by atoms with E-state index in [1.165, 1.54) is 11.7 Å². The fraction of sp³-hybridized carbons (Fsp3) is 0.556. The fourth-order valence-corrected chi connectivity index (χ4v) is 1.02. The van der Waals surface area contributed by atoms with E-state index in [2.05, 4.69) is 17.2 Å². The first kappa shape index (κ1) is 10.7. The predicted molar refractivity (Wildman–Crippen MR) is 54.3 cm³/mol. The van der Waals surface area contributed by atoms with E-state index in [0.29, 0.717) is 5.82 Å². The lowest BCUT2D eigenvalue weighted by Gasteiger charge is -2.05. The number of nitrogens with one attached hydrogen (secondary N) is 1. The summed E-state index contributed by atoms with van der Waals surface area (Å²) in [5, 5.41) is 3.04. The summed E-state index contributed by atoms with van der Waals surface area (Å²) in [6, 6.07) is 1.76. The summed E-state index contributed by atoms with van der Waals surface area (Å²) in [6.45, 7) is 3.11. The number of hydrogen-bond acceptors (Lipinski definition) is 4. The maximum atomic E-state index is 11.3.